The second-order valence-electron chi connectivity index (χ2n) is 5.50. The quantitative estimate of drug-likeness (QED) is 0.883. The molecule has 2 aliphatic heterocycles. The van der Waals surface area contributed by atoms with Gasteiger partial charge in [0.25, 0.3) is 0 Å². The molecule has 2 aliphatic rings. The third-order valence-electron chi connectivity index (χ3n) is 4.18. The van der Waals surface area contributed by atoms with Crippen LogP contribution in [0.4, 0.5) is 0 Å². The topological polar surface area (TPSA) is 24.5 Å². The number of fused-ring (bicyclic) bond motifs is 1. The Balaban J connectivity index is 1.61. The van der Waals surface area contributed by atoms with E-state index in [-0.39, 0.29) is 0 Å². The van der Waals surface area contributed by atoms with Crippen molar-refractivity contribution < 1.29 is 4.74 Å². The van der Waals surface area contributed by atoms with Crippen molar-refractivity contribution in [3.05, 3.63) is 29.3 Å². The molecule has 0 atom stereocenters. The van der Waals surface area contributed by atoms with Crippen LogP contribution in [0.3, 0.4) is 0 Å². The molecule has 18 heavy (non-hydrogen) atoms. The molecule has 1 aromatic carbocycles. The number of hydrogen-bond donors (Lipinski definition) is 1. The van der Waals surface area contributed by atoms with E-state index < -0.39 is 0 Å². The molecule has 1 fully saturated rings. The van der Waals surface area contributed by atoms with Crippen molar-refractivity contribution >= 4 is 0 Å². The van der Waals surface area contributed by atoms with Crippen LogP contribution in [0.15, 0.2) is 18.2 Å². The van der Waals surface area contributed by atoms with Crippen molar-refractivity contribution in [3.8, 4) is 5.75 Å². The first-order chi connectivity index (χ1) is 8.85. The van der Waals surface area contributed by atoms with E-state index in [1.165, 1.54) is 43.6 Å². The monoisotopic (exact) mass is 246 g/mol. The summed E-state index contributed by atoms with van der Waals surface area (Å²) in [4.78, 5) is 2.58. The van der Waals surface area contributed by atoms with Crippen LogP contribution in [-0.4, -0.2) is 31.6 Å². The van der Waals surface area contributed by atoms with Gasteiger partial charge in [0.1, 0.15) is 5.75 Å². The van der Waals surface area contributed by atoms with E-state index in [4.69, 9.17) is 4.74 Å². The lowest BCUT2D eigenvalue weighted by Crippen LogP contribution is -2.34. The van der Waals surface area contributed by atoms with E-state index in [1.54, 1.807) is 7.11 Å². The van der Waals surface area contributed by atoms with E-state index in [0.29, 0.717) is 0 Å². The summed E-state index contributed by atoms with van der Waals surface area (Å²) in [6.07, 6.45) is 2.66. The van der Waals surface area contributed by atoms with Crippen molar-refractivity contribution in [2.45, 2.75) is 25.9 Å². The molecule has 3 heteroatoms. The van der Waals surface area contributed by atoms with Gasteiger partial charge >= 0.3 is 0 Å². The molecule has 0 bridgehead atoms. The van der Waals surface area contributed by atoms with Gasteiger partial charge in [-0.25, -0.2) is 0 Å². The third-order valence-corrected chi connectivity index (χ3v) is 4.18. The lowest BCUT2D eigenvalue weighted by molar-refractivity contribution is 0.208. The van der Waals surface area contributed by atoms with Gasteiger partial charge in [0.15, 0.2) is 0 Å². The highest BCUT2D eigenvalue weighted by Crippen LogP contribution is 2.28. The Labute approximate surface area is 109 Å². The highest BCUT2D eigenvalue weighted by Gasteiger charge is 2.23. The fourth-order valence-corrected chi connectivity index (χ4v) is 3.13. The highest BCUT2D eigenvalue weighted by atomic mass is 16.5. The van der Waals surface area contributed by atoms with Gasteiger partial charge in [0.2, 0.25) is 0 Å². The van der Waals surface area contributed by atoms with E-state index in [0.717, 1.165) is 24.8 Å². The van der Waals surface area contributed by atoms with Gasteiger partial charge < -0.3 is 10.1 Å². The molecule has 1 N–H and O–H groups in total. The zero-order chi connectivity index (χ0) is 12.4. The van der Waals surface area contributed by atoms with E-state index in [9.17, 15) is 0 Å². The summed E-state index contributed by atoms with van der Waals surface area (Å²) in [6, 6.07) is 6.49. The van der Waals surface area contributed by atoms with Gasteiger partial charge in [0.05, 0.1) is 7.11 Å². The molecular weight excluding hydrogens is 224 g/mol. The summed E-state index contributed by atoms with van der Waals surface area (Å²) in [5.74, 6) is 1.86. The van der Waals surface area contributed by atoms with Crippen LogP contribution in [0.1, 0.15) is 24.0 Å². The van der Waals surface area contributed by atoms with Crippen molar-refractivity contribution in [3.63, 3.8) is 0 Å². The average molecular weight is 246 g/mol. The molecule has 0 spiro atoms. The van der Waals surface area contributed by atoms with Crippen molar-refractivity contribution in [1.82, 2.24) is 10.2 Å². The summed E-state index contributed by atoms with van der Waals surface area (Å²) >= 11 is 0. The predicted octanol–water partition coefficient (Wildman–Crippen LogP) is 2.01. The minimum absolute atomic E-state index is 0.877. The van der Waals surface area contributed by atoms with Crippen molar-refractivity contribution in [1.29, 1.82) is 0 Å². The third kappa shape index (κ3) is 2.52. The van der Waals surface area contributed by atoms with Crippen LogP contribution in [0.5, 0.6) is 5.75 Å². The Hall–Kier alpha value is -1.06. The lowest BCUT2D eigenvalue weighted by atomic mass is 9.98. The molecule has 0 radical (unpaired) electrons. The number of nitrogens with one attached hydrogen (secondary N) is 1. The molecule has 0 unspecified atom stereocenters. The zero-order valence-corrected chi connectivity index (χ0v) is 11.1. The molecule has 3 rings (SSSR count). The number of ether oxygens (including phenoxy) is 1. The Morgan fingerprint density at radius 1 is 1.22 bits per heavy atom. The van der Waals surface area contributed by atoms with Gasteiger partial charge in [0, 0.05) is 19.6 Å². The van der Waals surface area contributed by atoms with Crippen LogP contribution in [0, 0.1) is 5.92 Å². The molecule has 1 aromatic rings. The fraction of sp³-hybridized carbons (Fsp3) is 0.600. The summed E-state index contributed by atoms with van der Waals surface area (Å²) < 4.78 is 5.30. The van der Waals surface area contributed by atoms with Gasteiger partial charge in [-0.1, -0.05) is 6.07 Å². The SMILES string of the molecule is COc1ccc2c(c1)CN(CC1CCNCC1)C2. The molecular formula is C15H22N2O. The normalized spacial score (nSPS) is 20.9. The van der Waals surface area contributed by atoms with Crippen LogP contribution in [0.2, 0.25) is 0 Å². The number of piperidine rings is 1. The van der Waals surface area contributed by atoms with E-state index >= 15 is 0 Å². The Morgan fingerprint density at radius 3 is 2.78 bits per heavy atom. The largest absolute Gasteiger partial charge is 0.497 e. The van der Waals surface area contributed by atoms with Crippen LogP contribution in [0.25, 0.3) is 0 Å². The van der Waals surface area contributed by atoms with Crippen LogP contribution in [-0.2, 0) is 13.1 Å². The van der Waals surface area contributed by atoms with Gasteiger partial charge in [-0.3, -0.25) is 4.90 Å². The standard InChI is InChI=1S/C15H22N2O/c1-18-15-3-2-13-10-17(11-14(13)8-15)9-12-4-6-16-7-5-12/h2-3,8,12,16H,4-7,9-11H2,1H3. The first-order valence-corrected chi connectivity index (χ1v) is 6.94. The number of hydrogen-bond acceptors (Lipinski definition) is 3. The van der Waals surface area contributed by atoms with E-state index in [1.807, 2.05) is 0 Å². The molecule has 0 saturated carbocycles. The first-order valence-electron chi connectivity index (χ1n) is 6.94. The minimum atomic E-state index is 0.877. The second kappa shape index (κ2) is 5.29. The Kier molecular flexibility index (Phi) is 3.52. The number of rotatable bonds is 3. The Bertz CT molecular complexity index is 413. The minimum Gasteiger partial charge on any atom is -0.497 e. The molecule has 98 valence electrons. The summed E-state index contributed by atoms with van der Waals surface area (Å²) in [6.45, 7) is 5.84. The fourth-order valence-electron chi connectivity index (χ4n) is 3.13. The first kappa shape index (κ1) is 12.0. The average Bonchev–Trinajstić information content (AvgIpc) is 2.80. The summed E-state index contributed by atoms with van der Waals surface area (Å²) in [7, 11) is 1.74. The maximum Gasteiger partial charge on any atom is 0.119 e. The van der Waals surface area contributed by atoms with Gasteiger partial charge in [-0.05, 0) is 55.1 Å². The zero-order valence-electron chi connectivity index (χ0n) is 11.1. The maximum absolute atomic E-state index is 5.30. The number of nitrogens with zero attached hydrogens (tertiary/aromatic N) is 1. The molecule has 1 saturated heterocycles. The van der Waals surface area contributed by atoms with E-state index in [2.05, 4.69) is 28.4 Å². The van der Waals surface area contributed by atoms with Gasteiger partial charge in [-0.2, -0.15) is 0 Å². The Morgan fingerprint density at radius 2 is 2.00 bits per heavy atom. The maximum atomic E-state index is 5.30. The summed E-state index contributed by atoms with van der Waals surface area (Å²) in [5.41, 5.74) is 2.92. The number of methoxy groups -OCH3 is 1. The predicted molar refractivity (Wildman–Crippen MR) is 72.7 cm³/mol. The highest BCUT2D eigenvalue weighted by molar-refractivity contribution is 5.37. The molecule has 0 aromatic heterocycles. The summed E-state index contributed by atoms with van der Waals surface area (Å²) in [5, 5.41) is 3.44. The van der Waals surface area contributed by atoms with Crippen LogP contribution >= 0.6 is 0 Å². The smallest absolute Gasteiger partial charge is 0.119 e. The molecule has 2 heterocycles. The van der Waals surface area contributed by atoms with Crippen LogP contribution < -0.4 is 10.1 Å². The lowest BCUT2D eigenvalue weighted by Gasteiger charge is -2.27. The molecule has 0 aliphatic carbocycles. The van der Waals surface area contributed by atoms with Crippen molar-refractivity contribution in [2.24, 2.45) is 5.92 Å². The number of benzene rings is 1. The van der Waals surface area contributed by atoms with Gasteiger partial charge in [-0.15, -0.1) is 0 Å². The second-order valence-corrected chi connectivity index (χ2v) is 5.50. The molecule has 0 amide bonds. The molecule has 3 nitrogen and oxygen atoms in total. The van der Waals surface area contributed by atoms with Crippen molar-refractivity contribution in [2.75, 3.05) is 26.7 Å².